The Bertz CT molecular complexity index is 3010. The smallest absolute Gasteiger partial charge is 0.0547 e. The Morgan fingerprint density at radius 3 is 1.63 bits per heavy atom. The summed E-state index contributed by atoms with van der Waals surface area (Å²) in [6, 6.07) is 75.2. The second kappa shape index (κ2) is 12.2. The molecule has 0 amide bonds. The molecule has 11 rings (SSSR count). The average molecular weight is 687 g/mol. The number of anilines is 3. The predicted octanol–water partition coefficient (Wildman–Crippen LogP) is 14.4. The molecule has 0 bridgehead atoms. The minimum Gasteiger partial charge on any atom is -0.310 e. The summed E-state index contributed by atoms with van der Waals surface area (Å²) in [6.45, 7) is 0. The van der Waals surface area contributed by atoms with Crippen molar-refractivity contribution in [3.05, 3.63) is 206 Å². The van der Waals surface area contributed by atoms with E-state index in [0.29, 0.717) is 0 Å². The molecule has 54 heavy (non-hydrogen) atoms. The highest BCUT2D eigenvalue weighted by Crippen LogP contribution is 2.52. The third-order valence-corrected chi connectivity index (χ3v) is 11.1. The Morgan fingerprint density at radius 1 is 0.333 bits per heavy atom. The number of hydrogen-bond acceptors (Lipinski definition) is 1. The lowest BCUT2D eigenvalue weighted by Crippen LogP contribution is -2.09. The van der Waals surface area contributed by atoms with Crippen molar-refractivity contribution in [2.45, 2.75) is 0 Å². The maximum Gasteiger partial charge on any atom is 0.0547 e. The largest absolute Gasteiger partial charge is 0.310 e. The molecule has 1 aromatic heterocycles. The highest BCUT2D eigenvalue weighted by molar-refractivity contribution is 6.24. The van der Waals surface area contributed by atoms with Gasteiger partial charge >= 0.3 is 0 Å². The van der Waals surface area contributed by atoms with Gasteiger partial charge in [0.25, 0.3) is 0 Å². The topological polar surface area (TPSA) is 8.17 Å². The molecule has 0 unspecified atom stereocenters. The van der Waals surface area contributed by atoms with Crippen molar-refractivity contribution in [2.75, 3.05) is 4.90 Å². The summed E-state index contributed by atoms with van der Waals surface area (Å²) in [5.74, 6) is 0. The van der Waals surface area contributed by atoms with Crippen LogP contribution in [0.5, 0.6) is 0 Å². The van der Waals surface area contributed by atoms with Crippen LogP contribution in [0.15, 0.2) is 206 Å². The summed E-state index contributed by atoms with van der Waals surface area (Å²) >= 11 is 0. The van der Waals surface area contributed by atoms with E-state index in [9.17, 15) is 0 Å². The van der Waals surface area contributed by atoms with Gasteiger partial charge in [-0.15, -0.1) is 0 Å². The molecule has 0 saturated heterocycles. The molecule has 0 radical (unpaired) electrons. The second-order valence-corrected chi connectivity index (χ2v) is 14.1. The van der Waals surface area contributed by atoms with Crippen LogP contribution >= 0.6 is 0 Å². The summed E-state index contributed by atoms with van der Waals surface area (Å²) in [7, 11) is 0. The van der Waals surface area contributed by atoms with Gasteiger partial charge in [-0.25, -0.2) is 0 Å². The number of hydrogen-bond donors (Lipinski definition) is 0. The van der Waals surface area contributed by atoms with Crippen molar-refractivity contribution >= 4 is 49.6 Å². The summed E-state index contributed by atoms with van der Waals surface area (Å²) in [6.07, 6.45) is 0. The monoisotopic (exact) mass is 686 g/mol. The van der Waals surface area contributed by atoms with Gasteiger partial charge in [-0.2, -0.15) is 0 Å². The standard InChI is InChI=1S/C52H34N2/c1-4-14-35(15-5-1)36-26-28-40(29-27-36)53(38-18-6-2-7-19-38)41-30-32-48-47(34-41)52-49(54(48)39-20-8-3-9-21-39)33-31-46-45-25-13-17-37-16-12-24-43(50(37)45)42-22-10-11-23-44(42)51(46)52/h1-34H. The van der Waals surface area contributed by atoms with E-state index in [2.05, 4.69) is 216 Å². The van der Waals surface area contributed by atoms with Crippen LogP contribution in [0.4, 0.5) is 17.1 Å². The van der Waals surface area contributed by atoms with Crippen molar-refractivity contribution in [1.29, 1.82) is 0 Å². The van der Waals surface area contributed by atoms with Gasteiger partial charge in [0, 0.05) is 39.1 Å². The molecule has 0 atom stereocenters. The first-order chi connectivity index (χ1) is 26.8. The Morgan fingerprint density at radius 2 is 0.889 bits per heavy atom. The fourth-order valence-corrected chi connectivity index (χ4v) is 8.78. The number of nitrogens with zero attached hydrogens (tertiary/aromatic N) is 2. The van der Waals surface area contributed by atoms with Crippen LogP contribution in [-0.4, -0.2) is 4.57 Å². The van der Waals surface area contributed by atoms with Gasteiger partial charge in [-0.3, -0.25) is 0 Å². The number of rotatable bonds is 5. The Hall–Kier alpha value is -7.16. The summed E-state index contributed by atoms with van der Waals surface area (Å²) < 4.78 is 2.44. The van der Waals surface area contributed by atoms with Gasteiger partial charge < -0.3 is 9.47 Å². The van der Waals surface area contributed by atoms with Crippen LogP contribution in [0.3, 0.4) is 0 Å². The molecular formula is C52H34N2. The fraction of sp³-hybridized carbons (Fsp3) is 0. The molecule has 1 aliphatic rings. The maximum atomic E-state index is 2.44. The Kier molecular flexibility index (Phi) is 6.90. The predicted molar refractivity (Wildman–Crippen MR) is 228 cm³/mol. The molecule has 9 aromatic carbocycles. The first kappa shape index (κ1) is 30.5. The molecule has 0 N–H and O–H groups in total. The van der Waals surface area contributed by atoms with Crippen LogP contribution in [0.25, 0.3) is 82.8 Å². The van der Waals surface area contributed by atoms with Gasteiger partial charge in [0.05, 0.1) is 11.0 Å². The van der Waals surface area contributed by atoms with Crippen LogP contribution < -0.4 is 4.90 Å². The van der Waals surface area contributed by atoms with Crippen LogP contribution in [0, 0.1) is 0 Å². The number of fused-ring (bicyclic) bond motifs is 9. The van der Waals surface area contributed by atoms with Gasteiger partial charge in [-0.1, -0.05) is 146 Å². The lowest BCUT2D eigenvalue weighted by molar-refractivity contribution is 1.18. The molecule has 2 heteroatoms. The van der Waals surface area contributed by atoms with Gasteiger partial charge in [-0.05, 0) is 110 Å². The van der Waals surface area contributed by atoms with Gasteiger partial charge in [0.1, 0.15) is 0 Å². The van der Waals surface area contributed by atoms with Crippen molar-refractivity contribution in [2.24, 2.45) is 0 Å². The number of para-hydroxylation sites is 2. The lowest BCUT2D eigenvalue weighted by atomic mass is 9.90. The van der Waals surface area contributed by atoms with Crippen LogP contribution in [0.1, 0.15) is 0 Å². The van der Waals surface area contributed by atoms with E-state index in [1.165, 1.54) is 77.1 Å². The first-order valence-corrected chi connectivity index (χ1v) is 18.6. The highest BCUT2D eigenvalue weighted by atomic mass is 15.1. The van der Waals surface area contributed by atoms with Crippen molar-refractivity contribution < 1.29 is 0 Å². The molecular weight excluding hydrogens is 653 g/mol. The first-order valence-electron chi connectivity index (χ1n) is 18.6. The van der Waals surface area contributed by atoms with E-state index < -0.39 is 0 Å². The minimum absolute atomic E-state index is 1.11. The number of aromatic nitrogens is 1. The molecule has 252 valence electrons. The third-order valence-electron chi connectivity index (χ3n) is 11.1. The molecule has 0 spiro atoms. The highest BCUT2D eigenvalue weighted by Gasteiger charge is 2.26. The summed E-state index contributed by atoms with van der Waals surface area (Å²) in [5.41, 5.74) is 16.9. The molecule has 0 aliphatic heterocycles. The van der Waals surface area contributed by atoms with Crippen molar-refractivity contribution in [1.82, 2.24) is 4.57 Å². The zero-order valence-electron chi connectivity index (χ0n) is 29.5. The lowest BCUT2D eigenvalue weighted by Gasteiger charge is -2.26. The molecule has 0 saturated carbocycles. The maximum absolute atomic E-state index is 2.44. The van der Waals surface area contributed by atoms with E-state index in [1.807, 2.05) is 0 Å². The minimum atomic E-state index is 1.11. The van der Waals surface area contributed by atoms with E-state index >= 15 is 0 Å². The SMILES string of the molecule is c1ccc(-c2ccc(N(c3ccccc3)c3ccc4c(c3)c3c5c(ccc3n4-c3ccccc3)-c3cccc4cccc(c34)-c3ccccc3-5)cc2)cc1. The van der Waals surface area contributed by atoms with Crippen LogP contribution in [0.2, 0.25) is 0 Å². The van der Waals surface area contributed by atoms with Crippen molar-refractivity contribution in [3.8, 4) is 50.2 Å². The van der Waals surface area contributed by atoms with E-state index in [0.717, 1.165) is 22.7 Å². The van der Waals surface area contributed by atoms with E-state index in [-0.39, 0.29) is 0 Å². The summed E-state index contributed by atoms with van der Waals surface area (Å²) in [5, 5.41) is 5.06. The quantitative estimate of drug-likeness (QED) is 0.175. The number of benzene rings is 9. The van der Waals surface area contributed by atoms with E-state index in [4.69, 9.17) is 0 Å². The van der Waals surface area contributed by atoms with E-state index in [1.54, 1.807) is 0 Å². The second-order valence-electron chi connectivity index (χ2n) is 14.1. The molecule has 0 fully saturated rings. The van der Waals surface area contributed by atoms with Gasteiger partial charge in [0.15, 0.2) is 0 Å². The zero-order chi connectivity index (χ0) is 35.6. The zero-order valence-corrected chi connectivity index (χ0v) is 29.5. The normalized spacial score (nSPS) is 11.7. The molecule has 1 heterocycles. The summed E-state index contributed by atoms with van der Waals surface area (Å²) in [4.78, 5) is 2.38. The Labute approximate surface area is 314 Å². The Balaban J connectivity index is 1.22. The molecule has 1 aliphatic carbocycles. The fourth-order valence-electron chi connectivity index (χ4n) is 8.78. The molecule has 10 aromatic rings. The average Bonchev–Trinajstić information content (AvgIpc) is 3.52. The molecule has 2 nitrogen and oxygen atoms in total. The van der Waals surface area contributed by atoms with Gasteiger partial charge in [0.2, 0.25) is 0 Å². The van der Waals surface area contributed by atoms with Crippen molar-refractivity contribution in [3.63, 3.8) is 0 Å². The van der Waals surface area contributed by atoms with Crippen LogP contribution in [-0.2, 0) is 0 Å². The third kappa shape index (κ3) is 4.67.